The molecule has 0 bridgehead atoms. The fourth-order valence-electron chi connectivity index (χ4n) is 1.03. The molecule has 1 amide bonds. The molecule has 0 spiro atoms. The zero-order valence-electron chi connectivity index (χ0n) is 11.7. The van der Waals surface area contributed by atoms with E-state index in [1.807, 2.05) is 26.8 Å². The molecule has 0 aliphatic carbocycles. The summed E-state index contributed by atoms with van der Waals surface area (Å²) in [5.41, 5.74) is -0.468. The minimum absolute atomic E-state index is 0. The van der Waals surface area contributed by atoms with E-state index >= 15 is 0 Å². The molecular weight excluding hydrogens is 234 g/mol. The van der Waals surface area contributed by atoms with Gasteiger partial charge in [-0.1, -0.05) is 6.08 Å². The molecule has 0 heterocycles. The highest BCUT2D eigenvalue weighted by Crippen LogP contribution is 2.05. The van der Waals surface area contributed by atoms with Gasteiger partial charge < -0.3 is 19.5 Å². The summed E-state index contributed by atoms with van der Waals surface area (Å²) in [4.78, 5) is 11.2. The van der Waals surface area contributed by atoms with E-state index in [4.69, 9.17) is 14.2 Å². The lowest BCUT2D eigenvalue weighted by Gasteiger charge is -2.19. The monoisotopic (exact) mass is 263 g/mol. The van der Waals surface area contributed by atoms with Gasteiger partial charge in [0.2, 0.25) is 0 Å². The highest BCUT2D eigenvalue weighted by Gasteiger charge is 2.15. The first-order chi connectivity index (χ1) is 8.45. The van der Waals surface area contributed by atoms with E-state index in [-0.39, 0.29) is 2.85 Å². The van der Waals surface area contributed by atoms with Gasteiger partial charge in [0, 0.05) is 9.40 Å². The van der Waals surface area contributed by atoms with Crippen LogP contribution < -0.4 is 5.32 Å². The van der Waals surface area contributed by atoms with Crippen molar-refractivity contribution in [3.05, 3.63) is 12.7 Å². The first kappa shape index (κ1) is 16.9. The van der Waals surface area contributed by atoms with Crippen LogP contribution in [-0.2, 0) is 14.2 Å². The van der Waals surface area contributed by atoms with E-state index in [1.165, 1.54) is 0 Å². The molecule has 18 heavy (non-hydrogen) atoms. The summed E-state index contributed by atoms with van der Waals surface area (Å²) in [5, 5.41) is 2.61. The third kappa shape index (κ3) is 13.0. The first-order valence-corrected chi connectivity index (χ1v) is 6.19. The molecule has 5 nitrogen and oxygen atoms in total. The number of alkyl carbamates (subject to hydrolysis) is 1. The van der Waals surface area contributed by atoms with Crippen molar-refractivity contribution in [3.8, 4) is 0 Å². The van der Waals surface area contributed by atoms with Gasteiger partial charge in [-0.05, 0) is 27.2 Å². The second-order valence-electron chi connectivity index (χ2n) is 4.73. The second-order valence-corrected chi connectivity index (χ2v) is 4.73. The molecule has 0 saturated heterocycles. The van der Waals surface area contributed by atoms with Crippen molar-refractivity contribution in [2.24, 2.45) is 0 Å². The minimum Gasteiger partial charge on any atom is -0.444 e. The molecule has 0 aliphatic rings. The van der Waals surface area contributed by atoms with Crippen LogP contribution in [0.4, 0.5) is 4.79 Å². The zero-order valence-corrected chi connectivity index (χ0v) is 11.7. The Morgan fingerprint density at radius 1 is 1.22 bits per heavy atom. The van der Waals surface area contributed by atoms with Crippen molar-refractivity contribution in [2.45, 2.75) is 32.8 Å². The van der Waals surface area contributed by atoms with Gasteiger partial charge in [-0.25, -0.2) is 4.79 Å². The highest BCUT2D eigenvalue weighted by atomic mass is 16.6. The van der Waals surface area contributed by atoms with E-state index in [1.54, 1.807) is 0 Å². The SMILES string of the molecule is C=CCCOCCOCCNC(=O)OC(C)(C)C.[HH].[HH]. The predicted octanol–water partition coefficient (Wildman–Crippen LogP) is 2.61. The van der Waals surface area contributed by atoms with Gasteiger partial charge in [0.25, 0.3) is 0 Å². The molecule has 0 aromatic heterocycles. The summed E-state index contributed by atoms with van der Waals surface area (Å²) in [5.74, 6) is 0. The fourth-order valence-corrected chi connectivity index (χ4v) is 1.03. The van der Waals surface area contributed by atoms with Crippen LogP contribution in [0.1, 0.15) is 30.0 Å². The van der Waals surface area contributed by atoms with Crippen molar-refractivity contribution in [1.29, 1.82) is 0 Å². The standard InChI is InChI=1S/C13H25NO4.2H2/c1-5-6-8-16-10-11-17-9-7-14-12(15)18-13(2,3)4;;/h5H,1,6-11H2,2-4H3,(H,14,15);2*1H. The van der Waals surface area contributed by atoms with E-state index in [0.717, 1.165) is 6.42 Å². The molecular formula is C13H29NO4. The average Bonchev–Trinajstić information content (AvgIpc) is 2.24. The Morgan fingerprint density at radius 3 is 2.39 bits per heavy atom. The average molecular weight is 263 g/mol. The summed E-state index contributed by atoms with van der Waals surface area (Å²) in [7, 11) is 0. The molecule has 1 N–H and O–H groups in total. The van der Waals surface area contributed by atoms with Gasteiger partial charge in [0.1, 0.15) is 5.60 Å². The molecule has 0 unspecified atom stereocenters. The minimum atomic E-state index is -0.468. The quantitative estimate of drug-likeness (QED) is 0.513. The van der Waals surface area contributed by atoms with Gasteiger partial charge >= 0.3 is 6.09 Å². The van der Waals surface area contributed by atoms with Gasteiger partial charge in [0.05, 0.1) is 26.4 Å². The van der Waals surface area contributed by atoms with Crippen molar-refractivity contribution in [2.75, 3.05) is 33.0 Å². The summed E-state index contributed by atoms with van der Waals surface area (Å²) in [6.07, 6.45) is 2.24. The Labute approximate surface area is 112 Å². The van der Waals surface area contributed by atoms with Gasteiger partial charge in [-0.3, -0.25) is 0 Å². The van der Waals surface area contributed by atoms with Crippen LogP contribution in [0.25, 0.3) is 0 Å². The number of amides is 1. The summed E-state index contributed by atoms with van der Waals surface area (Å²) >= 11 is 0. The lowest BCUT2D eigenvalue weighted by molar-refractivity contribution is 0.0406. The first-order valence-electron chi connectivity index (χ1n) is 6.19. The van der Waals surface area contributed by atoms with Crippen molar-refractivity contribution >= 4 is 6.09 Å². The summed E-state index contributed by atoms with van der Waals surface area (Å²) < 4.78 is 15.6. The van der Waals surface area contributed by atoms with Crippen LogP contribution in [0.2, 0.25) is 0 Å². The van der Waals surface area contributed by atoms with E-state index in [0.29, 0.717) is 33.0 Å². The van der Waals surface area contributed by atoms with Gasteiger partial charge in [-0.2, -0.15) is 0 Å². The van der Waals surface area contributed by atoms with Crippen LogP contribution in [-0.4, -0.2) is 44.7 Å². The molecule has 0 aliphatic heterocycles. The van der Waals surface area contributed by atoms with E-state index < -0.39 is 11.7 Å². The smallest absolute Gasteiger partial charge is 0.407 e. The maximum Gasteiger partial charge on any atom is 0.407 e. The Balaban J connectivity index is -0.00000144. The molecule has 0 fully saturated rings. The number of ether oxygens (including phenoxy) is 3. The Hall–Kier alpha value is -1.07. The lowest BCUT2D eigenvalue weighted by atomic mass is 10.2. The van der Waals surface area contributed by atoms with Gasteiger partial charge in [0.15, 0.2) is 0 Å². The van der Waals surface area contributed by atoms with E-state index in [9.17, 15) is 4.79 Å². The number of nitrogens with one attached hydrogen (secondary N) is 1. The molecule has 0 saturated carbocycles. The van der Waals surface area contributed by atoms with Crippen LogP contribution >= 0.6 is 0 Å². The Kier molecular flexibility index (Phi) is 9.32. The predicted molar refractivity (Wildman–Crippen MR) is 74.9 cm³/mol. The zero-order chi connectivity index (χ0) is 13.9. The normalized spacial score (nSPS) is 11.1. The van der Waals surface area contributed by atoms with E-state index in [2.05, 4.69) is 11.9 Å². The van der Waals surface area contributed by atoms with Gasteiger partial charge in [-0.15, -0.1) is 6.58 Å². The van der Waals surface area contributed by atoms with Crippen LogP contribution in [0.5, 0.6) is 0 Å². The summed E-state index contributed by atoms with van der Waals surface area (Å²) in [6.45, 7) is 11.7. The number of rotatable bonds is 9. The molecule has 0 rings (SSSR count). The molecule has 110 valence electrons. The molecule has 5 heteroatoms. The Morgan fingerprint density at radius 2 is 1.83 bits per heavy atom. The van der Waals surface area contributed by atoms with Crippen molar-refractivity contribution < 1.29 is 21.9 Å². The topological polar surface area (TPSA) is 56.8 Å². The Bertz CT molecular complexity index is 245. The summed E-state index contributed by atoms with van der Waals surface area (Å²) in [6, 6.07) is 0. The van der Waals surface area contributed by atoms with Crippen molar-refractivity contribution in [1.82, 2.24) is 5.32 Å². The molecule has 0 aromatic rings. The molecule has 0 aromatic carbocycles. The maximum absolute atomic E-state index is 11.2. The number of carbonyl (C=O) groups excluding carboxylic acids is 1. The molecule has 0 atom stereocenters. The maximum atomic E-state index is 11.2. The largest absolute Gasteiger partial charge is 0.444 e. The fraction of sp³-hybridized carbons (Fsp3) is 0.769. The third-order valence-electron chi connectivity index (χ3n) is 1.75. The third-order valence-corrected chi connectivity index (χ3v) is 1.75. The van der Waals surface area contributed by atoms with Crippen LogP contribution in [0.3, 0.4) is 0 Å². The lowest BCUT2D eigenvalue weighted by Crippen LogP contribution is -2.34. The second kappa shape index (κ2) is 9.91. The highest BCUT2D eigenvalue weighted by molar-refractivity contribution is 5.67. The number of carbonyl (C=O) groups is 1. The number of hydrogen-bond donors (Lipinski definition) is 1. The van der Waals surface area contributed by atoms with Crippen LogP contribution in [0, 0.1) is 0 Å². The molecule has 0 radical (unpaired) electrons. The van der Waals surface area contributed by atoms with Crippen LogP contribution in [0.15, 0.2) is 12.7 Å². The van der Waals surface area contributed by atoms with Crippen molar-refractivity contribution in [3.63, 3.8) is 0 Å². The number of hydrogen-bond acceptors (Lipinski definition) is 4.